The zero-order valence-electron chi connectivity index (χ0n) is 13.8. The number of rotatable bonds is 1. The predicted octanol–water partition coefficient (Wildman–Crippen LogP) is 3.24. The monoisotopic (exact) mass is 360 g/mol. The van der Waals surface area contributed by atoms with Crippen molar-refractivity contribution in [2.24, 2.45) is 0 Å². The molecule has 7 heteroatoms. The van der Waals surface area contributed by atoms with E-state index in [4.69, 9.17) is 14.6 Å². The highest BCUT2D eigenvalue weighted by molar-refractivity contribution is 7.13. The van der Waals surface area contributed by atoms with Crippen LogP contribution in [0.1, 0.15) is 36.0 Å². The molecule has 2 aliphatic rings. The molecule has 1 N–H and O–H groups in total. The minimum absolute atomic E-state index is 0.213. The Morgan fingerprint density at radius 1 is 1.28 bits per heavy atom. The molecule has 2 aromatic rings. The Kier molecular flexibility index (Phi) is 5.33. The first-order chi connectivity index (χ1) is 12.2. The van der Waals surface area contributed by atoms with E-state index in [2.05, 4.69) is 9.88 Å². The second-order valence-corrected chi connectivity index (χ2v) is 7.01. The molecule has 0 radical (unpaired) electrons. The number of ketones is 1. The molecule has 2 aliphatic heterocycles. The fourth-order valence-electron chi connectivity index (χ4n) is 3.45. The summed E-state index contributed by atoms with van der Waals surface area (Å²) in [6.45, 7) is 1.62. The number of Topliss-reactive ketones (excluding diaryl/α,β-unsaturated/α-hetero) is 1. The van der Waals surface area contributed by atoms with E-state index >= 15 is 0 Å². The number of thiazole rings is 1. The van der Waals surface area contributed by atoms with E-state index in [0.29, 0.717) is 6.42 Å². The van der Waals surface area contributed by atoms with Crippen LogP contribution in [-0.4, -0.2) is 41.0 Å². The Balaban J connectivity index is 0.000000569. The summed E-state index contributed by atoms with van der Waals surface area (Å²) in [6, 6.07) is 7.61. The van der Waals surface area contributed by atoms with Crippen molar-refractivity contribution in [1.82, 2.24) is 4.98 Å². The number of carboxylic acid groups (broad SMARTS) is 1. The molecule has 1 saturated heterocycles. The number of para-hydroxylation sites is 1. The van der Waals surface area contributed by atoms with Crippen molar-refractivity contribution < 1.29 is 19.4 Å². The lowest BCUT2D eigenvalue weighted by Gasteiger charge is -2.37. The lowest BCUT2D eigenvalue weighted by Crippen LogP contribution is -2.42. The number of hydrogen-bond donors (Lipinski definition) is 1. The topological polar surface area (TPSA) is 79.7 Å². The first-order valence-electron chi connectivity index (χ1n) is 8.21. The van der Waals surface area contributed by atoms with E-state index in [1.54, 1.807) is 11.3 Å². The van der Waals surface area contributed by atoms with Crippen LogP contribution in [0, 0.1) is 0 Å². The molecule has 6 nitrogen and oxygen atoms in total. The Morgan fingerprint density at radius 3 is 2.84 bits per heavy atom. The third kappa shape index (κ3) is 3.82. The fraction of sp³-hybridized carbons (Fsp3) is 0.389. The molecule has 4 rings (SSSR count). The first kappa shape index (κ1) is 17.4. The summed E-state index contributed by atoms with van der Waals surface area (Å²) in [5, 5.41) is 9.96. The molecule has 1 aromatic carbocycles. The molecule has 0 aliphatic carbocycles. The van der Waals surface area contributed by atoms with Gasteiger partial charge in [0, 0.05) is 31.1 Å². The van der Waals surface area contributed by atoms with Crippen LogP contribution in [0.3, 0.4) is 0 Å². The summed E-state index contributed by atoms with van der Waals surface area (Å²) in [7, 11) is 0. The van der Waals surface area contributed by atoms with Gasteiger partial charge in [-0.15, -0.1) is 11.3 Å². The summed E-state index contributed by atoms with van der Waals surface area (Å²) in [6.07, 6.45) is 5.16. The van der Waals surface area contributed by atoms with E-state index in [9.17, 15) is 4.79 Å². The number of hydrogen-bond acceptors (Lipinski definition) is 6. The van der Waals surface area contributed by atoms with Crippen LogP contribution in [-0.2, 0) is 4.79 Å². The van der Waals surface area contributed by atoms with Gasteiger partial charge in [-0.1, -0.05) is 12.1 Å². The van der Waals surface area contributed by atoms with Gasteiger partial charge in [0.15, 0.2) is 10.9 Å². The Bertz CT molecular complexity index is 734. The fourth-order valence-corrected chi connectivity index (χ4v) is 4.15. The highest BCUT2D eigenvalue weighted by Gasteiger charge is 2.41. The van der Waals surface area contributed by atoms with Gasteiger partial charge < -0.3 is 14.7 Å². The van der Waals surface area contributed by atoms with Crippen LogP contribution in [0.15, 0.2) is 35.8 Å². The van der Waals surface area contributed by atoms with Crippen LogP contribution in [0.5, 0.6) is 5.75 Å². The average Bonchev–Trinajstić information content (AvgIpc) is 3.06. The van der Waals surface area contributed by atoms with Crippen LogP contribution >= 0.6 is 11.3 Å². The van der Waals surface area contributed by atoms with Crippen molar-refractivity contribution in [2.75, 3.05) is 18.0 Å². The van der Waals surface area contributed by atoms with Crippen molar-refractivity contribution in [3.05, 3.63) is 41.4 Å². The number of carbonyl (C=O) groups excluding carboxylic acids is 1. The van der Waals surface area contributed by atoms with Crippen molar-refractivity contribution in [3.63, 3.8) is 0 Å². The lowest BCUT2D eigenvalue weighted by molar-refractivity contribution is -0.122. The van der Waals surface area contributed by atoms with Gasteiger partial charge in [0.25, 0.3) is 6.47 Å². The maximum atomic E-state index is 12.5. The minimum atomic E-state index is -0.336. The van der Waals surface area contributed by atoms with E-state index in [1.165, 1.54) is 0 Å². The van der Waals surface area contributed by atoms with E-state index < -0.39 is 0 Å². The minimum Gasteiger partial charge on any atom is -0.486 e. The highest BCUT2D eigenvalue weighted by atomic mass is 32.1. The van der Waals surface area contributed by atoms with Gasteiger partial charge in [0.05, 0.1) is 12.0 Å². The molecule has 0 amide bonds. The number of benzene rings is 1. The summed E-state index contributed by atoms with van der Waals surface area (Å²) < 4.78 is 6.31. The van der Waals surface area contributed by atoms with Gasteiger partial charge in [0.2, 0.25) is 0 Å². The molecule has 1 aromatic heterocycles. The quantitative estimate of drug-likeness (QED) is 0.787. The summed E-state index contributed by atoms with van der Waals surface area (Å²) >= 11 is 1.67. The molecule has 1 spiro atoms. The molecular weight excluding hydrogens is 340 g/mol. The molecule has 0 bridgehead atoms. The van der Waals surface area contributed by atoms with Gasteiger partial charge in [-0.3, -0.25) is 9.59 Å². The Morgan fingerprint density at radius 2 is 2.08 bits per heavy atom. The summed E-state index contributed by atoms with van der Waals surface area (Å²) in [4.78, 5) is 27.6. The van der Waals surface area contributed by atoms with Crippen molar-refractivity contribution >= 4 is 28.7 Å². The maximum absolute atomic E-state index is 12.5. The van der Waals surface area contributed by atoms with E-state index in [0.717, 1.165) is 48.8 Å². The lowest BCUT2D eigenvalue weighted by atomic mass is 9.84. The van der Waals surface area contributed by atoms with Gasteiger partial charge in [0.1, 0.15) is 11.4 Å². The summed E-state index contributed by atoms with van der Waals surface area (Å²) in [5.74, 6) is 0.964. The Labute approximate surface area is 150 Å². The number of anilines is 1. The van der Waals surface area contributed by atoms with Crippen LogP contribution in [0.25, 0.3) is 0 Å². The zero-order chi connectivity index (χ0) is 17.7. The Hall–Kier alpha value is -2.41. The van der Waals surface area contributed by atoms with Gasteiger partial charge in [-0.25, -0.2) is 4.98 Å². The molecular formula is C18H20N2O4S. The summed E-state index contributed by atoms with van der Waals surface area (Å²) in [5.41, 5.74) is 0.395. The normalized spacial score (nSPS) is 22.2. The number of carbonyl (C=O) groups is 2. The van der Waals surface area contributed by atoms with Crippen molar-refractivity contribution in [3.8, 4) is 5.75 Å². The first-order valence-corrected chi connectivity index (χ1v) is 9.09. The average molecular weight is 360 g/mol. The molecule has 1 fully saturated rings. The van der Waals surface area contributed by atoms with E-state index in [1.807, 2.05) is 35.8 Å². The number of nitrogens with zero attached hydrogens (tertiary/aromatic N) is 2. The van der Waals surface area contributed by atoms with Gasteiger partial charge >= 0.3 is 0 Å². The largest absolute Gasteiger partial charge is 0.486 e. The molecule has 25 heavy (non-hydrogen) atoms. The molecule has 3 heterocycles. The molecule has 132 valence electrons. The van der Waals surface area contributed by atoms with Crippen LogP contribution < -0.4 is 9.64 Å². The standard InChI is InChI=1S/C17H18N2O2S.CH2O2/c20-14-12-17(21-15-5-2-1-4-13(14)15)6-3-9-19(10-7-17)16-18-8-11-22-16;2-1-3/h1-2,4-5,8,11H,3,6-7,9-10,12H2;1H,(H,2,3). The second kappa shape index (κ2) is 7.65. The van der Waals surface area contributed by atoms with Gasteiger partial charge in [-0.2, -0.15) is 0 Å². The number of fused-ring (bicyclic) bond motifs is 1. The van der Waals surface area contributed by atoms with Crippen LogP contribution in [0.2, 0.25) is 0 Å². The number of aromatic nitrogens is 1. The third-order valence-corrected chi connectivity index (χ3v) is 5.42. The number of ether oxygens (including phenoxy) is 1. The SMILES string of the molecule is O=C1CC2(CCCN(c3nccs3)CC2)Oc2ccccc21.O=CO. The van der Waals surface area contributed by atoms with Crippen molar-refractivity contribution in [2.45, 2.75) is 31.3 Å². The molecule has 1 atom stereocenters. The smallest absolute Gasteiger partial charge is 0.290 e. The second-order valence-electron chi connectivity index (χ2n) is 6.14. The maximum Gasteiger partial charge on any atom is 0.290 e. The highest BCUT2D eigenvalue weighted by Crippen LogP contribution is 2.39. The molecule has 0 saturated carbocycles. The zero-order valence-corrected chi connectivity index (χ0v) is 14.6. The van der Waals surface area contributed by atoms with Crippen molar-refractivity contribution in [1.29, 1.82) is 0 Å². The van der Waals surface area contributed by atoms with Gasteiger partial charge in [-0.05, 0) is 25.0 Å². The predicted molar refractivity (Wildman–Crippen MR) is 95.6 cm³/mol. The van der Waals surface area contributed by atoms with E-state index in [-0.39, 0.29) is 17.9 Å². The van der Waals surface area contributed by atoms with Crippen LogP contribution in [0.4, 0.5) is 5.13 Å². The third-order valence-electron chi connectivity index (χ3n) is 4.58. The molecule has 1 unspecified atom stereocenters.